The lowest BCUT2D eigenvalue weighted by atomic mass is 10.0. The molecule has 0 bridgehead atoms. The second kappa shape index (κ2) is 34.7. The van der Waals surface area contributed by atoms with Crippen LogP contribution in [-0.4, -0.2) is 46.1 Å². The maximum Gasteiger partial charge on any atom is 0.249 e. The number of rotatable bonds is 34. The van der Waals surface area contributed by atoms with Crippen molar-refractivity contribution >= 4 is 5.91 Å². The Morgan fingerprint density at radius 2 is 0.932 bits per heavy atom. The Kier molecular flexibility index (Phi) is 33.8. The van der Waals surface area contributed by atoms with Crippen LogP contribution in [0.15, 0.2) is 24.3 Å². The van der Waals surface area contributed by atoms with Crippen molar-refractivity contribution in [3.05, 3.63) is 24.3 Å². The topological polar surface area (TPSA) is 89.8 Å². The predicted octanol–water partition coefficient (Wildman–Crippen LogP) is 10.3. The van der Waals surface area contributed by atoms with Gasteiger partial charge in [-0.05, 0) is 32.1 Å². The molecule has 3 atom stereocenters. The van der Waals surface area contributed by atoms with E-state index >= 15 is 0 Å². The second-order valence-electron chi connectivity index (χ2n) is 13.1. The Labute approximate surface area is 273 Å². The van der Waals surface area contributed by atoms with Crippen molar-refractivity contribution in [2.45, 2.75) is 212 Å². The van der Waals surface area contributed by atoms with Crippen LogP contribution in [0.25, 0.3) is 0 Å². The zero-order valence-electron chi connectivity index (χ0n) is 29.3. The lowest BCUT2D eigenvalue weighted by molar-refractivity contribution is -0.131. The molecule has 0 spiro atoms. The Morgan fingerprint density at radius 1 is 0.545 bits per heavy atom. The number of carbonyl (C=O) groups excluding carboxylic acids is 1. The quantitative estimate of drug-likeness (QED) is 0.0425. The molecule has 0 aliphatic heterocycles. The van der Waals surface area contributed by atoms with Gasteiger partial charge < -0.3 is 20.6 Å². The molecule has 0 fully saturated rings. The number of hydrogen-bond acceptors (Lipinski definition) is 4. The minimum Gasteiger partial charge on any atom is -0.394 e. The third-order valence-electron chi connectivity index (χ3n) is 8.79. The molecule has 5 heteroatoms. The van der Waals surface area contributed by atoms with Crippen molar-refractivity contribution < 1.29 is 20.1 Å². The van der Waals surface area contributed by atoms with Crippen LogP contribution in [0, 0.1) is 0 Å². The molecular weight excluding hydrogens is 546 g/mol. The lowest BCUT2D eigenvalue weighted by Gasteiger charge is -2.21. The number of unbranched alkanes of at least 4 members (excludes halogenated alkanes) is 24. The van der Waals surface area contributed by atoms with Gasteiger partial charge in [-0.2, -0.15) is 0 Å². The van der Waals surface area contributed by atoms with Crippen molar-refractivity contribution in [2.24, 2.45) is 0 Å². The SMILES string of the molecule is CCCCCCCCCC=CCCC=CC(O)C(CO)NC(=O)C(O)CCCCCCCCCCCCCCCCCCC. The molecule has 44 heavy (non-hydrogen) atoms. The maximum atomic E-state index is 12.4. The van der Waals surface area contributed by atoms with Gasteiger partial charge in [-0.1, -0.05) is 186 Å². The van der Waals surface area contributed by atoms with Gasteiger partial charge in [0.05, 0.1) is 18.8 Å². The number of aliphatic hydroxyl groups is 3. The highest BCUT2D eigenvalue weighted by atomic mass is 16.3. The van der Waals surface area contributed by atoms with Gasteiger partial charge in [-0.15, -0.1) is 0 Å². The van der Waals surface area contributed by atoms with Crippen molar-refractivity contribution in [3.8, 4) is 0 Å². The Morgan fingerprint density at radius 3 is 1.39 bits per heavy atom. The number of aliphatic hydroxyl groups excluding tert-OH is 3. The molecule has 5 nitrogen and oxygen atoms in total. The number of allylic oxidation sites excluding steroid dienone is 3. The van der Waals surface area contributed by atoms with E-state index in [0.717, 1.165) is 38.5 Å². The Balaban J connectivity index is 3.74. The molecular formula is C39H75NO4. The van der Waals surface area contributed by atoms with Crippen LogP contribution >= 0.6 is 0 Å². The molecule has 3 unspecified atom stereocenters. The van der Waals surface area contributed by atoms with E-state index in [1.807, 2.05) is 6.08 Å². The Bertz CT molecular complexity index is 650. The van der Waals surface area contributed by atoms with Crippen LogP contribution in [0.4, 0.5) is 0 Å². The van der Waals surface area contributed by atoms with E-state index in [9.17, 15) is 20.1 Å². The number of carbonyl (C=O) groups is 1. The highest BCUT2D eigenvalue weighted by molar-refractivity contribution is 5.80. The predicted molar refractivity (Wildman–Crippen MR) is 190 cm³/mol. The van der Waals surface area contributed by atoms with Crippen LogP contribution in [0.1, 0.15) is 194 Å². The zero-order chi connectivity index (χ0) is 32.4. The van der Waals surface area contributed by atoms with Gasteiger partial charge in [0.15, 0.2) is 0 Å². The van der Waals surface area contributed by atoms with Crippen LogP contribution < -0.4 is 5.32 Å². The first kappa shape index (κ1) is 42.8. The summed E-state index contributed by atoms with van der Waals surface area (Å²) in [7, 11) is 0. The van der Waals surface area contributed by atoms with Gasteiger partial charge in [0.2, 0.25) is 5.91 Å². The molecule has 0 aliphatic carbocycles. The third kappa shape index (κ3) is 29.5. The van der Waals surface area contributed by atoms with Gasteiger partial charge in [0.25, 0.3) is 0 Å². The molecule has 0 aromatic heterocycles. The lowest BCUT2D eigenvalue weighted by Crippen LogP contribution is -2.48. The van der Waals surface area contributed by atoms with Crippen LogP contribution in [0.3, 0.4) is 0 Å². The van der Waals surface area contributed by atoms with E-state index in [4.69, 9.17) is 0 Å². The highest BCUT2D eigenvalue weighted by Gasteiger charge is 2.22. The average Bonchev–Trinajstić information content (AvgIpc) is 3.03. The fraction of sp³-hybridized carbons (Fsp3) is 0.872. The molecule has 0 heterocycles. The summed E-state index contributed by atoms with van der Waals surface area (Å²) in [6, 6.07) is -0.809. The van der Waals surface area contributed by atoms with Crippen molar-refractivity contribution in [2.75, 3.05) is 6.61 Å². The van der Waals surface area contributed by atoms with E-state index in [0.29, 0.717) is 6.42 Å². The number of nitrogens with one attached hydrogen (secondary N) is 1. The first-order valence-electron chi connectivity index (χ1n) is 19.2. The van der Waals surface area contributed by atoms with Crippen molar-refractivity contribution in [1.82, 2.24) is 5.32 Å². The summed E-state index contributed by atoms with van der Waals surface area (Å²) in [4.78, 5) is 12.4. The van der Waals surface area contributed by atoms with Crippen LogP contribution in [0.5, 0.6) is 0 Å². The standard InChI is InChI=1S/C39H75NO4/c1-3-5-7-9-11-13-15-17-18-19-20-22-24-26-28-30-32-34-38(43)39(44)40-36(35-41)37(42)33-31-29-27-25-23-21-16-14-12-10-8-6-4-2/h23,25,31,33,36-38,41-43H,3-22,24,26-30,32,34-35H2,1-2H3,(H,40,44). The summed E-state index contributed by atoms with van der Waals surface area (Å²) in [6.45, 7) is 4.15. The molecule has 0 saturated heterocycles. The largest absolute Gasteiger partial charge is 0.394 e. The van der Waals surface area contributed by atoms with Gasteiger partial charge in [-0.25, -0.2) is 0 Å². The average molecular weight is 622 g/mol. The van der Waals surface area contributed by atoms with E-state index in [2.05, 4.69) is 31.3 Å². The highest BCUT2D eigenvalue weighted by Crippen LogP contribution is 2.15. The molecule has 0 radical (unpaired) electrons. The summed E-state index contributed by atoms with van der Waals surface area (Å²) in [5.41, 5.74) is 0. The minimum absolute atomic E-state index is 0.374. The molecule has 0 saturated carbocycles. The summed E-state index contributed by atoms with van der Waals surface area (Å²) in [6.07, 6.45) is 40.5. The van der Waals surface area contributed by atoms with E-state index in [-0.39, 0.29) is 6.61 Å². The van der Waals surface area contributed by atoms with Crippen LogP contribution in [0.2, 0.25) is 0 Å². The first-order valence-corrected chi connectivity index (χ1v) is 19.2. The number of hydrogen-bond donors (Lipinski definition) is 4. The fourth-order valence-corrected chi connectivity index (χ4v) is 5.73. The zero-order valence-corrected chi connectivity index (χ0v) is 29.3. The summed E-state index contributed by atoms with van der Waals surface area (Å²) >= 11 is 0. The monoisotopic (exact) mass is 622 g/mol. The molecule has 1 amide bonds. The normalized spacial score (nSPS) is 14.0. The maximum absolute atomic E-state index is 12.4. The molecule has 260 valence electrons. The van der Waals surface area contributed by atoms with Gasteiger partial charge in [0.1, 0.15) is 6.10 Å². The van der Waals surface area contributed by atoms with Gasteiger partial charge in [-0.3, -0.25) is 4.79 Å². The smallest absolute Gasteiger partial charge is 0.249 e. The third-order valence-corrected chi connectivity index (χ3v) is 8.79. The molecule has 0 aromatic rings. The molecule has 0 rings (SSSR count). The summed E-state index contributed by atoms with van der Waals surface area (Å²) < 4.78 is 0. The molecule has 0 aliphatic rings. The van der Waals surface area contributed by atoms with E-state index < -0.39 is 24.2 Å². The van der Waals surface area contributed by atoms with E-state index in [1.165, 1.54) is 135 Å². The minimum atomic E-state index is -1.10. The fourth-order valence-electron chi connectivity index (χ4n) is 5.73. The Hall–Kier alpha value is -1.17. The first-order chi connectivity index (χ1) is 21.6. The van der Waals surface area contributed by atoms with Crippen molar-refractivity contribution in [1.29, 1.82) is 0 Å². The van der Waals surface area contributed by atoms with E-state index in [1.54, 1.807) is 6.08 Å². The van der Waals surface area contributed by atoms with Crippen molar-refractivity contribution in [3.63, 3.8) is 0 Å². The molecule has 4 N–H and O–H groups in total. The van der Waals surface area contributed by atoms with Gasteiger partial charge in [0, 0.05) is 0 Å². The summed E-state index contributed by atoms with van der Waals surface area (Å²) in [5, 5.41) is 32.9. The number of amides is 1. The van der Waals surface area contributed by atoms with Gasteiger partial charge >= 0.3 is 0 Å². The van der Waals surface area contributed by atoms with Crippen LogP contribution in [-0.2, 0) is 4.79 Å². The second-order valence-corrected chi connectivity index (χ2v) is 13.1. The molecule has 0 aromatic carbocycles. The summed E-state index contributed by atoms with van der Waals surface area (Å²) in [5.74, 6) is -0.513.